The maximum absolute atomic E-state index is 13.9. The Labute approximate surface area is 252 Å². The van der Waals surface area contributed by atoms with E-state index in [-0.39, 0.29) is 11.9 Å². The van der Waals surface area contributed by atoms with Crippen molar-refractivity contribution in [2.75, 3.05) is 6.61 Å². The lowest BCUT2D eigenvalue weighted by atomic mass is 9.85. The van der Waals surface area contributed by atoms with Crippen molar-refractivity contribution in [1.82, 2.24) is 4.90 Å². The molecule has 2 aliphatic rings. The van der Waals surface area contributed by atoms with Gasteiger partial charge in [-0.3, -0.25) is 9.69 Å². The van der Waals surface area contributed by atoms with Gasteiger partial charge in [-0.2, -0.15) is 0 Å². The normalized spacial score (nSPS) is 20.9. The van der Waals surface area contributed by atoms with Crippen molar-refractivity contribution >= 4 is 45.4 Å². The minimum atomic E-state index is 0.0303. The fraction of sp³-hybridized carbons (Fsp3) is 0.278. The Balaban J connectivity index is 1.28. The molecular weight excluding hydrogens is 540 g/mol. The summed E-state index contributed by atoms with van der Waals surface area (Å²) in [6.45, 7) is 5.17. The molecule has 1 saturated heterocycles. The van der Waals surface area contributed by atoms with E-state index in [2.05, 4.69) is 37.3 Å². The SMILES string of the molecule is CCOc1cc(/C=C2\SC(=Nc3ccccc3)N([C@H]3CCCC[C@@H]3C)C2=O)ccc1OCc1cccc2ccccc12. The lowest BCUT2D eigenvalue weighted by Crippen LogP contribution is -2.44. The number of rotatable bonds is 8. The molecule has 4 aromatic carbocycles. The van der Waals surface area contributed by atoms with Gasteiger partial charge in [-0.25, -0.2) is 4.99 Å². The minimum Gasteiger partial charge on any atom is -0.490 e. The zero-order chi connectivity index (χ0) is 28.9. The van der Waals surface area contributed by atoms with Crippen molar-refractivity contribution in [3.63, 3.8) is 0 Å². The third-order valence-corrected chi connectivity index (χ3v) is 9.03. The predicted molar refractivity (Wildman–Crippen MR) is 173 cm³/mol. The van der Waals surface area contributed by atoms with E-state index in [0.29, 0.717) is 35.5 Å². The molecule has 0 radical (unpaired) electrons. The highest BCUT2D eigenvalue weighted by Crippen LogP contribution is 2.41. The molecule has 6 rings (SSSR count). The van der Waals surface area contributed by atoms with Gasteiger partial charge in [0.1, 0.15) is 6.61 Å². The summed E-state index contributed by atoms with van der Waals surface area (Å²) < 4.78 is 12.3. The molecule has 1 saturated carbocycles. The first-order valence-electron chi connectivity index (χ1n) is 14.8. The number of thioether (sulfide) groups is 1. The molecule has 1 heterocycles. The number of aliphatic imine (C=N–C) groups is 1. The standard InChI is InChI=1S/C36H36N2O3S/c1-3-40-33-22-26(20-21-32(33)41-24-28-15-11-14-27-13-8-9-18-30(27)28)23-34-35(39)38(31-19-10-7-12-25(31)2)36(42-34)37-29-16-5-4-6-17-29/h4-6,8-9,11,13-18,20-23,25,31H,3,7,10,12,19,24H2,1-2H3/b34-23-,37-36?/t25-,31-/m0/s1. The van der Waals surface area contributed by atoms with Crippen LogP contribution in [0.25, 0.3) is 16.8 Å². The smallest absolute Gasteiger partial charge is 0.267 e. The summed E-state index contributed by atoms with van der Waals surface area (Å²) in [5.41, 5.74) is 2.87. The summed E-state index contributed by atoms with van der Waals surface area (Å²) in [6, 6.07) is 30.5. The van der Waals surface area contributed by atoms with E-state index in [1.54, 1.807) is 0 Å². The maximum atomic E-state index is 13.9. The number of hydrogen-bond donors (Lipinski definition) is 0. The second-order valence-corrected chi connectivity index (χ2v) is 11.9. The molecule has 1 aliphatic heterocycles. The third-order valence-electron chi connectivity index (χ3n) is 8.04. The number of amides is 1. The Morgan fingerprint density at radius 1 is 0.905 bits per heavy atom. The number of benzene rings is 4. The molecule has 0 N–H and O–H groups in total. The topological polar surface area (TPSA) is 51.1 Å². The quantitative estimate of drug-likeness (QED) is 0.196. The van der Waals surface area contributed by atoms with Crippen LogP contribution in [-0.4, -0.2) is 28.6 Å². The van der Waals surface area contributed by atoms with Gasteiger partial charge in [-0.1, -0.05) is 86.5 Å². The van der Waals surface area contributed by atoms with Gasteiger partial charge in [-0.15, -0.1) is 0 Å². The molecule has 4 aromatic rings. The fourth-order valence-corrected chi connectivity index (χ4v) is 6.92. The van der Waals surface area contributed by atoms with Crippen LogP contribution < -0.4 is 9.47 Å². The number of hydrogen-bond acceptors (Lipinski definition) is 5. The van der Waals surface area contributed by atoms with Crippen molar-refractivity contribution in [1.29, 1.82) is 0 Å². The number of amidine groups is 1. The first-order chi connectivity index (χ1) is 20.6. The van der Waals surface area contributed by atoms with Gasteiger partial charge >= 0.3 is 0 Å². The molecule has 0 spiro atoms. The van der Waals surface area contributed by atoms with Crippen LogP contribution in [0.4, 0.5) is 5.69 Å². The highest BCUT2D eigenvalue weighted by molar-refractivity contribution is 8.18. The monoisotopic (exact) mass is 576 g/mol. The fourth-order valence-electron chi connectivity index (χ4n) is 5.88. The van der Waals surface area contributed by atoms with Crippen LogP contribution >= 0.6 is 11.8 Å². The molecule has 0 aromatic heterocycles. The highest BCUT2D eigenvalue weighted by Gasteiger charge is 2.41. The van der Waals surface area contributed by atoms with Gasteiger partial charge in [0.2, 0.25) is 0 Å². The molecule has 0 unspecified atom stereocenters. The zero-order valence-corrected chi connectivity index (χ0v) is 25.0. The molecule has 6 heteroatoms. The van der Waals surface area contributed by atoms with Gasteiger partial charge in [0.15, 0.2) is 16.7 Å². The van der Waals surface area contributed by atoms with Crippen LogP contribution in [0, 0.1) is 5.92 Å². The third kappa shape index (κ3) is 6.09. The predicted octanol–water partition coefficient (Wildman–Crippen LogP) is 9.00. The lowest BCUT2D eigenvalue weighted by Gasteiger charge is -2.35. The Morgan fingerprint density at radius 2 is 1.69 bits per heavy atom. The largest absolute Gasteiger partial charge is 0.490 e. The van der Waals surface area contributed by atoms with Crippen LogP contribution in [-0.2, 0) is 11.4 Å². The number of fused-ring (bicyclic) bond motifs is 1. The summed E-state index contributed by atoms with van der Waals surface area (Å²) in [5, 5.41) is 3.13. The Morgan fingerprint density at radius 3 is 2.52 bits per heavy atom. The minimum absolute atomic E-state index is 0.0303. The Bertz CT molecular complexity index is 1630. The molecule has 1 aliphatic carbocycles. The van der Waals surface area contributed by atoms with Crippen LogP contribution in [0.3, 0.4) is 0 Å². The molecule has 2 atom stereocenters. The summed E-state index contributed by atoms with van der Waals surface area (Å²) in [6.07, 6.45) is 6.45. The number of carbonyl (C=O) groups is 1. The zero-order valence-electron chi connectivity index (χ0n) is 24.2. The molecule has 1 amide bonds. The van der Waals surface area contributed by atoms with Crippen molar-refractivity contribution in [2.24, 2.45) is 10.9 Å². The van der Waals surface area contributed by atoms with Crippen LogP contribution in [0.15, 0.2) is 101 Å². The van der Waals surface area contributed by atoms with Gasteiger partial charge in [0, 0.05) is 6.04 Å². The first-order valence-corrected chi connectivity index (χ1v) is 15.7. The summed E-state index contributed by atoms with van der Waals surface area (Å²) in [7, 11) is 0. The van der Waals surface area contributed by atoms with Crippen LogP contribution in [0.2, 0.25) is 0 Å². The lowest BCUT2D eigenvalue weighted by molar-refractivity contribution is -0.124. The molecule has 5 nitrogen and oxygen atoms in total. The van der Waals surface area contributed by atoms with E-state index in [0.717, 1.165) is 41.2 Å². The van der Waals surface area contributed by atoms with Crippen LogP contribution in [0.1, 0.15) is 50.7 Å². The van der Waals surface area contributed by atoms with Crippen molar-refractivity contribution in [3.05, 3.63) is 107 Å². The Kier molecular flexibility index (Phi) is 8.61. The summed E-state index contributed by atoms with van der Waals surface area (Å²) in [5.74, 6) is 1.81. The van der Waals surface area contributed by atoms with E-state index in [1.165, 1.54) is 29.0 Å². The van der Waals surface area contributed by atoms with Gasteiger partial charge in [0.05, 0.1) is 17.2 Å². The van der Waals surface area contributed by atoms with Gasteiger partial charge in [-0.05, 0) is 89.7 Å². The average molecular weight is 577 g/mol. The maximum Gasteiger partial charge on any atom is 0.267 e. The number of ether oxygens (including phenoxy) is 2. The molecule has 42 heavy (non-hydrogen) atoms. The Hall–Kier alpha value is -4.03. The molecule has 2 fully saturated rings. The molecule has 0 bridgehead atoms. The average Bonchev–Trinajstić information content (AvgIpc) is 3.31. The number of nitrogens with zero attached hydrogens (tertiary/aromatic N) is 2. The van der Waals surface area contributed by atoms with E-state index >= 15 is 0 Å². The van der Waals surface area contributed by atoms with Crippen LogP contribution in [0.5, 0.6) is 11.5 Å². The van der Waals surface area contributed by atoms with E-state index in [4.69, 9.17) is 14.5 Å². The second-order valence-electron chi connectivity index (χ2n) is 10.9. The van der Waals surface area contributed by atoms with Crippen molar-refractivity contribution in [3.8, 4) is 11.5 Å². The van der Waals surface area contributed by atoms with Crippen molar-refractivity contribution < 1.29 is 14.3 Å². The molecule has 214 valence electrons. The summed E-state index contributed by atoms with van der Waals surface area (Å²) >= 11 is 1.46. The first kappa shape index (κ1) is 28.1. The number of para-hydroxylation sites is 1. The second kappa shape index (κ2) is 12.9. The number of carbonyl (C=O) groups excluding carboxylic acids is 1. The van der Waals surface area contributed by atoms with E-state index < -0.39 is 0 Å². The van der Waals surface area contributed by atoms with E-state index in [9.17, 15) is 4.79 Å². The van der Waals surface area contributed by atoms with E-state index in [1.807, 2.05) is 78.6 Å². The summed E-state index contributed by atoms with van der Waals surface area (Å²) in [4.78, 5) is 21.5. The highest BCUT2D eigenvalue weighted by atomic mass is 32.2. The van der Waals surface area contributed by atoms with Crippen molar-refractivity contribution in [2.45, 2.75) is 52.2 Å². The van der Waals surface area contributed by atoms with Gasteiger partial charge < -0.3 is 9.47 Å². The molecular formula is C36H36N2O3S. The van der Waals surface area contributed by atoms with Gasteiger partial charge in [0.25, 0.3) is 5.91 Å².